The van der Waals surface area contributed by atoms with Crippen LogP contribution >= 0.6 is 11.6 Å². The second kappa shape index (κ2) is 7.65. The van der Waals surface area contributed by atoms with Crippen molar-refractivity contribution in [3.8, 4) is 0 Å². The molecular formula is C17H15ClF3N3O. The van der Waals surface area contributed by atoms with Crippen LogP contribution in [0.1, 0.15) is 22.7 Å². The number of amides is 1. The van der Waals surface area contributed by atoms with Crippen molar-refractivity contribution in [3.63, 3.8) is 0 Å². The molecule has 4 nitrogen and oxygen atoms in total. The van der Waals surface area contributed by atoms with Crippen LogP contribution in [0.25, 0.3) is 0 Å². The van der Waals surface area contributed by atoms with E-state index in [0.29, 0.717) is 11.8 Å². The molecule has 0 fully saturated rings. The Labute approximate surface area is 148 Å². The van der Waals surface area contributed by atoms with Crippen molar-refractivity contribution in [2.24, 2.45) is 4.99 Å². The van der Waals surface area contributed by atoms with Gasteiger partial charge >= 0.3 is 6.18 Å². The second-order valence-corrected chi connectivity index (χ2v) is 5.89. The highest BCUT2D eigenvalue weighted by Gasteiger charge is 2.33. The Bertz CT molecular complexity index is 776. The zero-order chi connectivity index (χ0) is 18.6. The molecule has 0 spiro atoms. The van der Waals surface area contributed by atoms with E-state index in [4.69, 9.17) is 11.6 Å². The van der Waals surface area contributed by atoms with Crippen molar-refractivity contribution < 1.29 is 18.0 Å². The van der Waals surface area contributed by atoms with E-state index in [0.717, 1.165) is 6.07 Å². The molecule has 1 atom stereocenters. The molecule has 0 saturated carbocycles. The molecule has 25 heavy (non-hydrogen) atoms. The van der Waals surface area contributed by atoms with Gasteiger partial charge in [-0.15, -0.1) is 0 Å². The fourth-order valence-corrected chi connectivity index (χ4v) is 2.40. The number of hydrogen-bond acceptors (Lipinski definition) is 2. The number of alkyl halides is 3. The predicted octanol–water partition coefficient (Wildman–Crippen LogP) is 4.00. The van der Waals surface area contributed by atoms with Gasteiger partial charge in [0.15, 0.2) is 0 Å². The van der Waals surface area contributed by atoms with E-state index < -0.39 is 23.6 Å². The average molecular weight is 370 g/mol. The molecule has 0 saturated heterocycles. The summed E-state index contributed by atoms with van der Waals surface area (Å²) in [4.78, 5) is 21.7. The number of aliphatic imine (C=N–C) groups is 1. The van der Waals surface area contributed by atoms with E-state index in [9.17, 15) is 18.0 Å². The SMILES string of the molecule is CN(C)C=NC(=O)[C@H](c1ccccc1)c1ncc(C(F)(F)F)cc1Cl. The van der Waals surface area contributed by atoms with Crippen LogP contribution in [0.2, 0.25) is 5.02 Å². The van der Waals surface area contributed by atoms with Crippen molar-refractivity contribution >= 4 is 23.8 Å². The standard InChI is InChI=1S/C17H15ClF3N3O/c1-24(2)10-23-16(25)14(11-6-4-3-5-7-11)15-13(18)8-12(9-22-15)17(19,20)21/h3-10,14H,1-2H3/t14-/m1/s1. The third-order valence-electron chi connectivity index (χ3n) is 3.27. The highest BCUT2D eigenvalue weighted by Crippen LogP contribution is 2.35. The Hall–Kier alpha value is -2.41. The number of hydrogen-bond donors (Lipinski definition) is 0. The van der Waals surface area contributed by atoms with Crippen LogP contribution in [0.15, 0.2) is 47.6 Å². The smallest absolute Gasteiger partial charge is 0.369 e. The minimum absolute atomic E-state index is 0.0294. The summed E-state index contributed by atoms with van der Waals surface area (Å²) < 4.78 is 38.4. The molecule has 8 heteroatoms. The number of halogens is 4. The predicted molar refractivity (Wildman–Crippen MR) is 89.7 cm³/mol. The van der Waals surface area contributed by atoms with E-state index in [1.807, 2.05) is 0 Å². The third kappa shape index (κ3) is 4.79. The summed E-state index contributed by atoms with van der Waals surface area (Å²) in [6.07, 6.45) is -2.58. The van der Waals surface area contributed by atoms with Crippen LogP contribution < -0.4 is 0 Å². The lowest BCUT2D eigenvalue weighted by Gasteiger charge is -2.16. The molecular weight excluding hydrogens is 355 g/mol. The Morgan fingerprint density at radius 1 is 1.28 bits per heavy atom. The number of carbonyl (C=O) groups is 1. The van der Waals surface area contributed by atoms with Crippen LogP contribution in [0.4, 0.5) is 13.2 Å². The molecule has 0 unspecified atom stereocenters. The summed E-state index contributed by atoms with van der Waals surface area (Å²) in [5, 5.41) is -0.239. The van der Waals surface area contributed by atoms with Gasteiger partial charge in [-0.05, 0) is 11.6 Å². The average Bonchev–Trinajstić information content (AvgIpc) is 2.54. The zero-order valence-electron chi connectivity index (χ0n) is 13.5. The van der Waals surface area contributed by atoms with E-state index in [2.05, 4.69) is 9.98 Å². The maximum absolute atomic E-state index is 12.8. The molecule has 1 amide bonds. The lowest BCUT2D eigenvalue weighted by Crippen LogP contribution is -2.17. The van der Waals surface area contributed by atoms with Crippen molar-refractivity contribution in [1.82, 2.24) is 9.88 Å². The monoisotopic (exact) mass is 369 g/mol. The number of benzene rings is 1. The molecule has 0 bridgehead atoms. The topological polar surface area (TPSA) is 45.6 Å². The van der Waals surface area contributed by atoms with Gasteiger partial charge in [0.05, 0.1) is 22.6 Å². The lowest BCUT2D eigenvalue weighted by atomic mass is 9.94. The first-order valence-corrected chi connectivity index (χ1v) is 7.60. The fourth-order valence-electron chi connectivity index (χ4n) is 2.13. The summed E-state index contributed by atoms with van der Waals surface area (Å²) in [5.74, 6) is -1.57. The largest absolute Gasteiger partial charge is 0.417 e. The van der Waals surface area contributed by atoms with Gasteiger partial charge in [-0.25, -0.2) is 4.99 Å². The lowest BCUT2D eigenvalue weighted by molar-refractivity contribution is -0.137. The highest BCUT2D eigenvalue weighted by atomic mass is 35.5. The number of rotatable bonds is 4. The van der Waals surface area contributed by atoms with Crippen molar-refractivity contribution in [3.05, 3.63) is 64.4 Å². The normalized spacial score (nSPS) is 13.0. The van der Waals surface area contributed by atoms with Gasteiger partial charge in [0, 0.05) is 20.3 Å². The fraction of sp³-hybridized carbons (Fsp3) is 0.235. The number of aromatic nitrogens is 1. The summed E-state index contributed by atoms with van der Waals surface area (Å²) in [5.41, 5.74) is -0.406. The van der Waals surface area contributed by atoms with E-state index in [1.165, 1.54) is 6.34 Å². The Kier molecular flexibility index (Phi) is 5.79. The molecule has 0 radical (unpaired) electrons. The van der Waals surface area contributed by atoms with Crippen LogP contribution in [0.3, 0.4) is 0 Å². The van der Waals surface area contributed by atoms with Crippen LogP contribution in [0.5, 0.6) is 0 Å². The Balaban J connectivity index is 2.51. The number of nitrogens with zero attached hydrogens (tertiary/aromatic N) is 3. The van der Waals surface area contributed by atoms with Crippen LogP contribution in [-0.2, 0) is 11.0 Å². The molecule has 1 heterocycles. The van der Waals surface area contributed by atoms with E-state index in [-0.39, 0.29) is 10.7 Å². The van der Waals surface area contributed by atoms with Gasteiger partial charge in [-0.3, -0.25) is 9.78 Å². The number of carbonyl (C=O) groups excluding carboxylic acids is 1. The zero-order valence-corrected chi connectivity index (χ0v) is 14.2. The Morgan fingerprint density at radius 3 is 2.44 bits per heavy atom. The molecule has 0 aliphatic carbocycles. The van der Waals surface area contributed by atoms with Gasteiger partial charge in [-0.1, -0.05) is 41.9 Å². The second-order valence-electron chi connectivity index (χ2n) is 5.48. The molecule has 1 aromatic heterocycles. The maximum Gasteiger partial charge on any atom is 0.417 e. The number of pyridine rings is 1. The van der Waals surface area contributed by atoms with Gasteiger partial charge in [0.25, 0.3) is 5.91 Å². The third-order valence-corrected chi connectivity index (χ3v) is 3.57. The summed E-state index contributed by atoms with van der Waals surface area (Å²) in [6, 6.07) is 9.29. The Morgan fingerprint density at radius 2 is 1.92 bits per heavy atom. The van der Waals surface area contributed by atoms with Crippen molar-refractivity contribution in [2.45, 2.75) is 12.1 Å². The van der Waals surface area contributed by atoms with Gasteiger partial charge in [-0.2, -0.15) is 13.2 Å². The first-order chi connectivity index (χ1) is 11.7. The van der Waals surface area contributed by atoms with Crippen LogP contribution in [0, 0.1) is 0 Å². The van der Waals surface area contributed by atoms with Crippen LogP contribution in [-0.4, -0.2) is 36.2 Å². The van der Waals surface area contributed by atoms with Gasteiger partial charge < -0.3 is 4.90 Å². The van der Waals surface area contributed by atoms with E-state index >= 15 is 0 Å². The molecule has 1 aromatic carbocycles. The molecule has 0 aliphatic rings. The minimum atomic E-state index is -4.56. The van der Waals surface area contributed by atoms with Crippen molar-refractivity contribution in [2.75, 3.05) is 14.1 Å². The summed E-state index contributed by atoms with van der Waals surface area (Å²) in [7, 11) is 3.38. The summed E-state index contributed by atoms with van der Waals surface area (Å²) in [6.45, 7) is 0. The summed E-state index contributed by atoms with van der Waals surface area (Å²) >= 11 is 6.01. The highest BCUT2D eigenvalue weighted by molar-refractivity contribution is 6.31. The first-order valence-electron chi connectivity index (χ1n) is 7.22. The quantitative estimate of drug-likeness (QED) is 0.604. The molecule has 132 valence electrons. The molecule has 0 aliphatic heterocycles. The first kappa shape index (κ1) is 18.9. The molecule has 0 N–H and O–H groups in total. The van der Waals surface area contributed by atoms with Crippen molar-refractivity contribution in [1.29, 1.82) is 0 Å². The molecule has 2 rings (SSSR count). The van der Waals surface area contributed by atoms with Gasteiger partial charge in [0.2, 0.25) is 0 Å². The maximum atomic E-state index is 12.8. The van der Waals surface area contributed by atoms with Gasteiger partial charge in [0.1, 0.15) is 5.92 Å². The minimum Gasteiger partial charge on any atom is -0.369 e. The molecule has 2 aromatic rings. The van der Waals surface area contributed by atoms with E-state index in [1.54, 1.807) is 49.3 Å².